The van der Waals surface area contributed by atoms with Crippen molar-refractivity contribution in [2.24, 2.45) is 0 Å². The highest BCUT2D eigenvalue weighted by atomic mass is 15.2. The van der Waals surface area contributed by atoms with Crippen LogP contribution < -0.4 is 4.90 Å². The van der Waals surface area contributed by atoms with Gasteiger partial charge in [0.25, 0.3) is 0 Å². The normalized spacial score (nSPS) is 15.2. The van der Waals surface area contributed by atoms with Gasteiger partial charge in [-0.3, -0.25) is 0 Å². The van der Waals surface area contributed by atoms with Crippen LogP contribution in [0.5, 0.6) is 0 Å². The van der Waals surface area contributed by atoms with E-state index in [1.165, 1.54) is 107 Å². The molecule has 1 heteroatoms. The monoisotopic (exact) mass is 383 g/mol. The van der Waals surface area contributed by atoms with Gasteiger partial charge in [0.2, 0.25) is 0 Å². The number of benzene rings is 1. The van der Waals surface area contributed by atoms with Gasteiger partial charge in [0, 0.05) is 23.3 Å². The fraction of sp³-hybridized carbons (Fsp3) is 0.704. The van der Waals surface area contributed by atoms with Crippen LogP contribution in [0.1, 0.15) is 116 Å². The van der Waals surface area contributed by atoms with Gasteiger partial charge in [-0.1, -0.05) is 129 Å². The maximum atomic E-state index is 4.41. The van der Waals surface area contributed by atoms with Crippen molar-refractivity contribution in [3.05, 3.63) is 42.1 Å². The molecule has 0 aliphatic carbocycles. The van der Waals surface area contributed by atoms with Crippen molar-refractivity contribution in [1.29, 1.82) is 0 Å². The van der Waals surface area contributed by atoms with Crippen molar-refractivity contribution < 1.29 is 0 Å². The molecule has 0 amide bonds. The largest absolute Gasteiger partial charge is 0.345 e. The van der Waals surface area contributed by atoms with Gasteiger partial charge in [0.05, 0.1) is 0 Å². The van der Waals surface area contributed by atoms with E-state index in [1.54, 1.807) is 0 Å². The summed E-state index contributed by atoms with van der Waals surface area (Å²) < 4.78 is 0. The summed E-state index contributed by atoms with van der Waals surface area (Å²) in [6, 6.07) is 8.85. The molecule has 0 saturated carbocycles. The zero-order chi connectivity index (χ0) is 20.2. The number of para-hydroxylation sites is 1. The Bertz CT molecular complexity index is 571. The van der Waals surface area contributed by atoms with Gasteiger partial charge in [0.15, 0.2) is 0 Å². The topological polar surface area (TPSA) is 3.24 Å². The molecule has 0 saturated heterocycles. The molecule has 0 fully saturated rings. The highest BCUT2D eigenvalue weighted by molar-refractivity contribution is 5.69. The molecule has 0 aromatic heterocycles. The first-order valence-electron chi connectivity index (χ1n) is 12.2. The first-order valence-corrected chi connectivity index (χ1v) is 12.2. The van der Waals surface area contributed by atoms with Gasteiger partial charge in [-0.05, 0) is 18.1 Å². The van der Waals surface area contributed by atoms with E-state index >= 15 is 0 Å². The molecule has 1 heterocycles. The van der Waals surface area contributed by atoms with Crippen LogP contribution in [0, 0.1) is 0 Å². The van der Waals surface area contributed by atoms with Gasteiger partial charge in [0.1, 0.15) is 0 Å². The molecule has 1 aromatic carbocycles. The molecule has 1 aromatic rings. The third-order valence-corrected chi connectivity index (χ3v) is 6.65. The zero-order valence-electron chi connectivity index (χ0n) is 19.1. The van der Waals surface area contributed by atoms with Crippen molar-refractivity contribution in [2.75, 3.05) is 11.4 Å². The lowest BCUT2D eigenvalue weighted by atomic mass is 9.84. The van der Waals surface area contributed by atoms with E-state index in [2.05, 4.69) is 56.5 Å². The maximum absolute atomic E-state index is 4.41. The molecule has 158 valence electrons. The molecule has 2 rings (SSSR count). The average molecular weight is 384 g/mol. The highest BCUT2D eigenvalue weighted by Gasteiger charge is 2.38. The lowest BCUT2D eigenvalue weighted by molar-refractivity contribution is 0.535. The van der Waals surface area contributed by atoms with E-state index < -0.39 is 0 Å². The van der Waals surface area contributed by atoms with Crippen molar-refractivity contribution in [2.45, 2.75) is 116 Å². The summed E-state index contributed by atoms with van der Waals surface area (Å²) in [6.45, 7) is 12.4. The number of fused-ring (bicyclic) bond motifs is 1. The molecule has 0 N–H and O–H groups in total. The number of nitrogens with zero attached hydrogens (tertiary/aromatic N) is 1. The average Bonchev–Trinajstić information content (AvgIpc) is 2.89. The molecule has 0 radical (unpaired) electrons. The Morgan fingerprint density at radius 3 is 1.71 bits per heavy atom. The third-order valence-electron chi connectivity index (χ3n) is 6.65. The molecule has 28 heavy (non-hydrogen) atoms. The van der Waals surface area contributed by atoms with Crippen LogP contribution in [-0.4, -0.2) is 6.54 Å². The van der Waals surface area contributed by atoms with Gasteiger partial charge in [-0.25, -0.2) is 0 Å². The quantitative estimate of drug-likeness (QED) is 0.273. The highest BCUT2D eigenvalue weighted by Crippen LogP contribution is 2.46. The third kappa shape index (κ3) is 6.68. The van der Waals surface area contributed by atoms with Crippen molar-refractivity contribution in [1.82, 2.24) is 0 Å². The predicted octanol–water partition coefficient (Wildman–Crippen LogP) is 8.78. The first kappa shape index (κ1) is 23.0. The SMILES string of the molecule is C=C1N(CCCCCCCCCCCCCCCC)c2ccccc2C1(C)C. The Labute approximate surface area is 175 Å². The number of hydrogen-bond acceptors (Lipinski definition) is 1. The minimum absolute atomic E-state index is 0.0760. The van der Waals surface area contributed by atoms with Gasteiger partial charge in [-0.2, -0.15) is 0 Å². The van der Waals surface area contributed by atoms with Gasteiger partial charge in [-0.15, -0.1) is 0 Å². The molecular weight excluding hydrogens is 338 g/mol. The molecule has 0 unspecified atom stereocenters. The Balaban J connectivity index is 1.49. The van der Waals surface area contributed by atoms with Crippen LogP contribution in [0.4, 0.5) is 5.69 Å². The van der Waals surface area contributed by atoms with E-state index in [0.29, 0.717) is 0 Å². The van der Waals surface area contributed by atoms with E-state index in [-0.39, 0.29) is 5.41 Å². The van der Waals surface area contributed by atoms with Crippen LogP contribution in [0.25, 0.3) is 0 Å². The molecule has 1 nitrogen and oxygen atoms in total. The standard InChI is InChI=1S/C27H45N/c1-5-6-7-8-9-10-11-12-13-14-15-16-17-20-23-28-24(2)27(3,4)25-21-18-19-22-26(25)28/h18-19,21-22H,2,5-17,20,23H2,1,3-4H3. The summed E-state index contributed by atoms with van der Waals surface area (Å²) in [5.74, 6) is 0. The fourth-order valence-electron chi connectivity index (χ4n) is 4.60. The van der Waals surface area contributed by atoms with Crippen molar-refractivity contribution in [3.8, 4) is 0 Å². The zero-order valence-corrected chi connectivity index (χ0v) is 19.1. The minimum Gasteiger partial charge on any atom is -0.345 e. The van der Waals surface area contributed by atoms with Gasteiger partial charge >= 0.3 is 0 Å². The fourth-order valence-corrected chi connectivity index (χ4v) is 4.60. The molecule has 0 spiro atoms. The molecule has 0 atom stereocenters. The van der Waals surface area contributed by atoms with Gasteiger partial charge < -0.3 is 4.90 Å². The molecule has 1 aliphatic rings. The first-order chi connectivity index (χ1) is 13.6. The van der Waals surface area contributed by atoms with Crippen LogP contribution >= 0.6 is 0 Å². The summed E-state index contributed by atoms with van der Waals surface area (Å²) in [7, 11) is 0. The van der Waals surface area contributed by atoms with Crippen LogP contribution in [0.2, 0.25) is 0 Å². The van der Waals surface area contributed by atoms with E-state index in [9.17, 15) is 0 Å². The number of hydrogen-bond donors (Lipinski definition) is 0. The minimum atomic E-state index is 0.0760. The van der Waals surface area contributed by atoms with E-state index in [0.717, 1.165) is 6.54 Å². The van der Waals surface area contributed by atoms with Crippen molar-refractivity contribution in [3.63, 3.8) is 0 Å². The number of rotatable bonds is 15. The smallest absolute Gasteiger partial charge is 0.0450 e. The Morgan fingerprint density at radius 1 is 0.714 bits per heavy atom. The van der Waals surface area contributed by atoms with Crippen LogP contribution in [0.3, 0.4) is 0 Å². The van der Waals surface area contributed by atoms with Crippen LogP contribution in [0.15, 0.2) is 36.5 Å². The van der Waals surface area contributed by atoms with E-state index in [1.807, 2.05) is 0 Å². The Morgan fingerprint density at radius 2 is 1.18 bits per heavy atom. The Hall–Kier alpha value is -1.24. The van der Waals surface area contributed by atoms with E-state index in [4.69, 9.17) is 0 Å². The number of unbranched alkanes of at least 4 members (excludes halogenated alkanes) is 13. The maximum Gasteiger partial charge on any atom is 0.0450 e. The van der Waals surface area contributed by atoms with Crippen LogP contribution in [-0.2, 0) is 5.41 Å². The summed E-state index contributed by atoms with van der Waals surface area (Å²) in [5, 5.41) is 0. The second-order valence-corrected chi connectivity index (χ2v) is 9.34. The second-order valence-electron chi connectivity index (χ2n) is 9.34. The predicted molar refractivity (Wildman–Crippen MR) is 126 cm³/mol. The van der Waals surface area contributed by atoms with Crippen molar-refractivity contribution >= 4 is 5.69 Å². The lowest BCUT2D eigenvalue weighted by Crippen LogP contribution is -2.26. The summed E-state index contributed by atoms with van der Waals surface area (Å²) >= 11 is 0. The summed E-state index contributed by atoms with van der Waals surface area (Å²) in [5.41, 5.74) is 4.16. The number of anilines is 1. The molecular formula is C27H45N. The summed E-state index contributed by atoms with van der Waals surface area (Å²) in [4.78, 5) is 2.47. The molecule has 1 aliphatic heterocycles. The lowest BCUT2D eigenvalue weighted by Gasteiger charge is -2.25. The second kappa shape index (κ2) is 12.3. The Kier molecular flexibility index (Phi) is 10.2. The molecule has 0 bridgehead atoms. The number of allylic oxidation sites excluding steroid dienone is 1. The summed E-state index contributed by atoms with van der Waals surface area (Å²) in [6.07, 6.45) is 19.8.